The van der Waals surface area contributed by atoms with Gasteiger partial charge in [-0.2, -0.15) is 0 Å². The molecule has 0 bridgehead atoms. The molecule has 2 fully saturated rings. The predicted molar refractivity (Wildman–Crippen MR) is 144 cm³/mol. The molecule has 9 nitrogen and oxygen atoms in total. The molecule has 0 unspecified atom stereocenters. The molecule has 0 radical (unpaired) electrons. The van der Waals surface area contributed by atoms with E-state index in [1.807, 2.05) is 36.0 Å². The fraction of sp³-hybridized carbons (Fsp3) is 0.357. The number of nitrogens with one attached hydrogen (secondary N) is 2. The zero-order valence-electron chi connectivity index (χ0n) is 21.3. The minimum Gasteiger partial charge on any atom is -0.352 e. The fourth-order valence-corrected chi connectivity index (χ4v) is 6.39. The molecule has 4 aromatic heterocycles. The Hall–Kier alpha value is -3.98. The van der Waals surface area contributed by atoms with Crippen LogP contribution in [-0.4, -0.2) is 63.0 Å². The Morgan fingerprint density at radius 1 is 1.14 bits per heavy atom. The maximum absolute atomic E-state index is 13.0. The third kappa shape index (κ3) is 3.56. The zero-order chi connectivity index (χ0) is 25.3. The van der Waals surface area contributed by atoms with E-state index in [1.54, 1.807) is 12.4 Å². The molecule has 37 heavy (non-hydrogen) atoms. The van der Waals surface area contributed by atoms with Crippen LogP contribution in [0.1, 0.15) is 27.9 Å². The van der Waals surface area contributed by atoms with Gasteiger partial charge in [0, 0.05) is 68.2 Å². The van der Waals surface area contributed by atoms with Gasteiger partial charge in [-0.3, -0.25) is 9.78 Å². The molecule has 2 N–H and O–H groups in total. The number of pyridine rings is 3. The van der Waals surface area contributed by atoms with Crippen LogP contribution in [0.5, 0.6) is 0 Å². The third-order valence-electron chi connectivity index (χ3n) is 8.10. The molecule has 4 aromatic rings. The Balaban J connectivity index is 1.26. The van der Waals surface area contributed by atoms with Crippen molar-refractivity contribution < 1.29 is 4.79 Å². The lowest BCUT2D eigenvalue weighted by molar-refractivity contribution is 0.0966. The average Bonchev–Trinajstić information content (AvgIpc) is 3.63. The van der Waals surface area contributed by atoms with Crippen molar-refractivity contribution in [3.63, 3.8) is 0 Å². The second-order valence-corrected chi connectivity index (χ2v) is 10.6. The highest BCUT2D eigenvalue weighted by molar-refractivity contribution is 6.06. The lowest BCUT2D eigenvalue weighted by Crippen LogP contribution is -2.35. The van der Waals surface area contributed by atoms with Crippen LogP contribution in [0.25, 0.3) is 22.3 Å². The standard InChI is InChI=1S/C28H30N8O/c1-16-10-23(33-24(11-16)36-9-5-17-14-34(2)15-22(17)36)32-21-13-30-26(20-12-31-28(37)25(20)21)18-4-7-29-27-19(18)6-8-35(27)3/h4,6-8,10-11,13,17,22H,5,9,12,14-15H2,1-3H3,(H,31,37)(H,32,33)/t17-,22+/m1/s1. The average molecular weight is 495 g/mol. The van der Waals surface area contributed by atoms with Gasteiger partial charge in [-0.25, -0.2) is 9.97 Å². The molecule has 2 atom stereocenters. The number of fused-ring (bicyclic) bond motifs is 3. The third-order valence-corrected chi connectivity index (χ3v) is 8.10. The monoisotopic (exact) mass is 494 g/mol. The van der Waals surface area contributed by atoms with Crippen molar-refractivity contribution in [3.05, 3.63) is 59.5 Å². The molecular weight excluding hydrogens is 464 g/mol. The molecule has 2 saturated heterocycles. The van der Waals surface area contributed by atoms with E-state index in [-0.39, 0.29) is 5.91 Å². The van der Waals surface area contributed by atoms with Crippen molar-refractivity contribution in [1.29, 1.82) is 0 Å². The Kier molecular flexibility index (Phi) is 4.97. The summed E-state index contributed by atoms with van der Waals surface area (Å²) >= 11 is 0. The highest BCUT2D eigenvalue weighted by Crippen LogP contribution is 2.37. The number of carbonyl (C=O) groups is 1. The van der Waals surface area contributed by atoms with Crippen molar-refractivity contribution in [2.45, 2.75) is 25.9 Å². The molecule has 0 spiro atoms. The lowest BCUT2D eigenvalue weighted by Gasteiger charge is -2.26. The Labute approximate surface area is 215 Å². The van der Waals surface area contributed by atoms with Gasteiger partial charge in [0.1, 0.15) is 17.3 Å². The van der Waals surface area contributed by atoms with Crippen LogP contribution in [-0.2, 0) is 13.6 Å². The van der Waals surface area contributed by atoms with Gasteiger partial charge >= 0.3 is 0 Å². The number of carbonyl (C=O) groups excluding carboxylic acids is 1. The molecule has 7 rings (SSSR count). The molecule has 1 amide bonds. The van der Waals surface area contributed by atoms with E-state index < -0.39 is 0 Å². The second kappa shape index (κ2) is 8.27. The van der Waals surface area contributed by atoms with Gasteiger partial charge in [0.15, 0.2) is 0 Å². The summed E-state index contributed by atoms with van der Waals surface area (Å²) < 4.78 is 1.99. The first-order valence-corrected chi connectivity index (χ1v) is 12.9. The molecule has 7 heterocycles. The largest absolute Gasteiger partial charge is 0.352 e. The van der Waals surface area contributed by atoms with Crippen molar-refractivity contribution in [2.24, 2.45) is 13.0 Å². The highest BCUT2D eigenvalue weighted by atomic mass is 16.1. The Bertz CT molecular complexity index is 1560. The zero-order valence-corrected chi connectivity index (χ0v) is 21.3. The van der Waals surface area contributed by atoms with Gasteiger partial charge < -0.3 is 25.0 Å². The SMILES string of the molecule is Cc1cc(Nc2cnc(-c3ccnc4c3ccn4C)c3c2C(=O)NC3)nc(N2CC[C@@H]3CN(C)C[C@@H]32)c1. The maximum atomic E-state index is 13.0. The van der Waals surface area contributed by atoms with Gasteiger partial charge in [0.25, 0.3) is 5.91 Å². The first-order valence-electron chi connectivity index (χ1n) is 12.9. The summed E-state index contributed by atoms with van der Waals surface area (Å²) in [4.78, 5) is 32.2. The number of likely N-dealkylation sites (tertiary alicyclic amines) is 1. The van der Waals surface area contributed by atoms with E-state index in [4.69, 9.17) is 9.97 Å². The number of anilines is 3. The predicted octanol–water partition coefficient (Wildman–Crippen LogP) is 3.47. The number of hydrogen-bond acceptors (Lipinski definition) is 7. The van der Waals surface area contributed by atoms with Crippen LogP contribution in [0.4, 0.5) is 17.3 Å². The van der Waals surface area contributed by atoms with E-state index >= 15 is 0 Å². The van der Waals surface area contributed by atoms with Crippen LogP contribution in [0.3, 0.4) is 0 Å². The summed E-state index contributed by atoms with van der Waals surface area (Å²) in [5.41, 5.74) is 6.02. The normalized spacial score (nSPS) is 20.9. The molecule has 3 aliphatic rings. The second-order valence-electron chi connectivity index (χ2n) is 10.6. The van der Waals surface area contributed by atoms with E-state index in [9.17, 15) is 4.79 Å². The summed E-state index contributed by atoms with van der Waals surface area (Å²) in [5.74, 6) is 2.34. The fourth-order valence-electron chi connectivity index (χ4n) is 6.39. The number of nitrogens with zero attached hydrogens (tertiary/aromatic N) is 6. The van der Waals surface area contributed by atoms with Gasteiger partial charge in [-0.05, 0) is 56.1 Å². The smallest absolute Gasteiger partial charge is 0.254 e. The topological polar surface area (TPSA) is 91.2 Å². The summed E-state index contributed by atoms with van der Waals surface area (Å²) in [6, 6.07) is 8.73. The highest BCUT2D eigenvalue weighted by Gasteiger charge is 2.40. The minimum atomic E-state index is -0.0937. The quantitative estimate of drug-likeness (QED) is 0.449. The van der Waals surface area contributed by atoms with Crippen molar-refractivity contribution in [2.75, 3.05) is 36.9 Å². The number of amides is 1. The maximum Gasteiger partial charge on any atom is 0.254 e. The van der Waals surface area contributed by atoms with E-state index in [0.29, 0.717) is 29.8 Å². The summed E-state index contributed by atoms with van der Waals surface area (Å²) in [6.07, 6.45) is 6.76. The molecule has 0 aromatic carbocycles. The van der Waals surface area contributed by atoms with Crippen molar-refractivity contribution in [1.82, 2.24) is 29.7 Å². The molecular formula is C28H30N8O. The summed E-state index contributed by atoms with van der Waals surface area (Å²) in [6.45, 7) is 5.81. The first-order chi connectivity index (χ1) is 18.0. The lowest BCUT2D eigenvalue weighted by atomic mass is 10.0. The van der Waals surface area contributed by atoms with E-state index in [2.05, 4.69) is 45.5 Å². The van der Waals surface area contributed by atoms with Crippen LogP contribution in [0, 0.1) is 12.8 Å². The number of hydrogen-bond donors (Lipinski definition) is 2. The van der Waals surface area contributed by atoms with Crippen LogP contribution in [0.2, 0.25) is 0 Å². The summed E-state index contributed by atoms with van der Waals surface area (Å²) in [5, 5.41) is 7.46. The molecule has 3 aliphatic heterocycles. The van der Waals surface area contributed by atoms with Crippen LogP contribution < -0.4 is 15.5 Å². The molecule has 188 valence electrons. The van der Waals surface area contributed by atoms with Gasteiger partial charge in [-0.1, -0.05) is 0 Å². The number of aromatic nitrogens is 4. The molecule has 0 aliphatic carbocycles. The first kappa shape index (κ1) is 22.2. The van der Waals surface area contributed by atoms with E-state index in [0.717, 1.165) is 64.7 Å². The minimum absolute atomic E-state index is 0.0937. The number of likely N-dealkylation sites (N-methyl/N-ethyl adjacent to an activating group) is 1. The van der Waals surface area contributed by atoms with Crippen LogP contribution >= 0.6 is 0 Å². The molecule has 9 heteroatoms. The summed E-state index contributed by atoms with van der Waals surface area (Å²) in [7, 11) is 4.18. The number of rotatable bonds is 4. The Morgan fingerprint density at radius 2 is 2.03 bits per heavy atom. The van der Waals surface area contributed by atoms with Crippen molar-refractivity contribution >= 4 is 34.3 Å². The number of aryl methyl sites for hydroxylation is 2. The van der Waals surface area contributed by atoms with Gasteiger partial charge in [-0.15, -0.1) is 0 Å². The molecule has 0 saturated carbocycles. The van der Waals surface area contributed by atoms with E-state index in [1.165, 1.54) is 6.42 Å². The Morgan fingerprint density at radius 3 is 2.92 bits per heavy atom. The van der Waals surface area contributed by atoms with Crippen LogP contribution in [0.15, 0.2) is 42.9 Å². The van der Waals surface area contributed by atoms with Gasteiger partial charge in [0.05, 0.1) is 23.1 Å². The van der Waals surface area contributed by atoms with Crippen molar-refractivity contribution in [3.8, 4) is 11.3 Å². The van der Waals surface area contributed by atoms with Gasteiger partial charge in [0.2, 0.25) is 0 Å².